The van der Waals surface area contributed by atoms with Crippen LogP contribution in [0.5, 0.6) is 5.75 Å². The molecule has 2 rings (SSSR count). The maximum Gasteiger partial charge on any atom is 0.319 e. The number of carboxylic acid groups (broad SMARTS) is 1. The van der Waals surface area contributed by atoms with Crippen molar-refractivity contribution in [3.8, 4) is 5.75 Å². The summed E-state index contributed by atoms with van der Waals surface area (Å²) in [6, 6.07) is 4.44. The lowest BCUT2D eigenvalue weighted by Gasteiger charge is -2.41. The Kier molecular flexibility index (Phi) is 4.57. The number of carboxylic acids is 1. The first-order chi connectivity index (χ1) is 9.94. The Labute approximate surface area is 127 Å². The van der Waals surface area contributed by atoms with Crippen molar-refractivity contribution in [3.63, 3.8) is 0 Å². The van der Waals surface area contributed by atoms with Gasteiger partial charge >= 0.3 is 12.0 Å². The Bertz CT molecular complexity index is 558. The molecule has 0 aromatic heterocycles. The summed E-state index contributed by atoms with van der Waals surface area (Å²) < 4.78 is 5.07. The summed E-state index contributed by atoms with van der Waals surface area (Å²) in [5.41, 5.74) is -0.106. The van der Waals surface area contributed by atoms with E-state index in [1.54, 1.807) is 18.2 Å². The highest BCUT2D eigenvalue weighted by Gasteiger charge is 2.40. The fourth-order valence-electron chi connectivity index (χ4n) is 2.38. The van der Waals surface area contributed by atoms with E-state index in [2.05, 4.69) is 10.6 Å². The van der Waals surface area contributed by atoms with E-state index in [1.165, 1.54) is 7.11 Å². The first kappa shape index (κ1) is 15.4. The fourth-order valence-corrected chi connectivity index (χ4v) is 2.57. The Morgan fingerprint density at radius 3 is 2.67 bits per heavy atom. The zero-order chi connectivity index (χ0) is 15.5. The Morgan fingerprint density at radius 2 is 2.14 bits per heavy atom. The van der Waals surface area contributed by atoms with Crippen LogP contribution in [0.1, 0.15) is 25.7 Å². The van der Waals surface area contributed by atoms with Gasteiger partial charge in [0.2, 0.25) is 0 Å². The Hall–Kier alpha value is -1.95. The summed E-state index contributed by atoms with van der Waals surface area (Å²) in [5.74, 6) is -0.457. The molecular weight excluding hydrogens is 296 g/mol. The SMILES string of the molecule is COc1cc(NC(=O)NC2(CC(=O)O)CCC2)ccc1Cl. The number of nitrogens with one attached hydrogen (secondary N) is 2. The topological polar surface area (TPSA) is 87.7 Å². The normalized spacial score (nSPS) is 15.7. The van der Waals surface area contributed by atoms with Crippen molar-refractivity contribution in [1.29, 1.82) is 0 Å². The summed E-state index contributed by atoms with van der Waals surface area (Å²) in [4.78, 5) is 22.9. The number of rotatable bonds is 5. The molecule has 0 heterocycles. The van der Waals surface area contributed by atoms with E-state index in [1.807, 2.05) is 0 Å². The number of hydrogen-bond acceptors (Lipinski definition) is 3. The van der Waals surface area contributed by atoms with Crippen LogP contribution in [-0.2, 0) is 4.79 Å². The van der Waals surface area contributed by atoms with Gasteiger partial charge in [0.1, 0.15) is 5.75 Å². The van der Waals surface area contributed by atoms with Gasteiger partial charge in [0.05, 0.1) is 24.1 Å². The van der Waals surface area contributed by atoms with Crippen LogP contribution in [0.15, 0.2) is 18.2 Å². The minimum Gasteiger partial charge on any atom is -0.495 e. The molecule has 0 unspecified atom stereocenters. The molecule has 1 aromatic carbocycles. The number of methoxy groups -OCH3 is 1. The molecule has 1 aliphatic carbocycles. The predicted molar refractivity (Wildman–Crippen MR) is 79.0 cm³/mol. The van der Waals surface area contributed by atoms with Crippen LogP contribution in [0.4, 0.5) is 10.5 Å². The van der Waals surface area contributed by atoms with Crippen LogP contribution in [0, 0.1) is 0 Å². The molecule has 1 fully saturated rings. The van der Waals surface area contributed by atoms with E-state index < -0.39 is 17.5 Å². The molecule has 1 aliphatic rings. The third-order valence-corrected chi connectivity index (χ3v) is 3.90. The molecule has 7 heteroatoms. The molecule has 114 valence electrons. The van der Waals surface area contributed by atoms with Gasteiger partial charge in [-0.15, -0.1) is 0 Å². The van der Waals surface area contributed by atoms with Gasteiger partial charge in [-0.25, -0.2) is 4.79 Å². The second kappa shape index (κ2) is 6.22. The lowest BCUT2D eigenvalue weighted by molar-refractivity contribution is -0.139. The highest BCUT2D eigenvalue weighted by atomic mass is 35.5. The third-order valence-electron chi connectivity index (χ3n) is 3.59. The minimum absolute atomic E-state index is 0.0651. The van der Waals surface area contributed by atoms with Crippen LogP contribution in [0.25, 0.3) is 0 Å². The molecule has 6 nitrogen and oxygen atoms in total. The second-order valence-electron chi connectivity index (χ2n) is 5.13. The molecule has 0 aliphatic heterocycles. The summed E-state index contributed by atoms with van der Waals surface area (Å²) in [5, 5.41) is 14.8. The maximum absolute atomic E-state index is 12.0. The van der Waals surface area contributed by atoms with E-state index >= 15 is 0 Å². The van der Waals surface area contributed by atoms with Crippen molar-refractivity contribution < 1.29 is 19.4 Å². The van der Waals surface area contributed by atoms with Gasteiger partial charge in [0, 0.05) is 11.8 Å². The van der Waals surface area contributed by atoms with E-state index in [0.29, 0.717) is 29.3 Å². The van der Waals surface area contributed by atoms with Crippen LogP contribution in [0.3, 0.4) is 0 Å². The number of anilines is 1. The van der Waals surface area contributed by atoms with Crippen molar-refractivity contribution in [2.45, 2.75) is 31.2 Å². The Balaban J connectivity index is 1.99. The van der Waals surface area contributed by atoms with Crippen LogP contribution in [0.2, 0.25) is 5.02 Å². The molecular formula is C14H17ClN2O4. The van der Waals surface area contributed by atoms with Crippen molar-refractivity contribution in [1.82, 2.24) is 5.32 Å². The number of hydrogen-bond donors (Lipinski definition) is 3. The number of amides is 2. The molecule has 21 heavy (non-hydrogen) atoms. The summed E-state index contributed by atoms with van der Waals surface area (Å²) in [6.45, 7) is 0. The maximum atomic E-state index is 12.0. The molecule has 3 N–H and O–H groups in total. The van der Waals surface area contributed by atoms with Crippen LogP contribution in [-0.4, -0.2) is 29.8 Å². The van der Waals surface area contributed by atoms with E-state index in [9.17, 15) is 9.59 Å². The molecule has 0 radical (unpaired) electrons. The van der Waals surface area contributed by atoms with Crippen LogP contribution < -0.4 is 15.4 Å². The number of ether oxygens (including phenoxy) is 1. The highest BCUT2D eigenvalue weighted by molar-refractivity contribution is 6.32. The largest absolute Gasteiger partial charge is 0.495 e. The molecule has 0 spiro atoms. The number of aliphatic carboxylic acids is 1. The highest BCUT2D eigenvalue weighted by Crippen LogP contribution is 2.35. The standard InChI is InChI=1S/C14H17ClN2O4/c1-21-11-7-9(3-4-10(11)15)16-13(20)17-14(5-2-6-14)8-12(18)19/h3-4,7H,2,5-6,8H2,1H3,(H,18,19)(H2,16,17,20). The first-order valence-electron chi connectivity index (χ1n) is 6.59. The smallest absolute Gasteiger partial charge is 0.319 e. The molecule has 1 aromatic rings. The zero-order valence-electron chi connectivity index (χ0n) is 11.6. The average Bonchev–Trinajstić information content (AvgIpc) is 2.37. The second-order valence-corrected chi connectivity index (χ2v) is 5.54. The number of carbonyl (C=O) groups excluding carboxylic acids is 1. The number of halogens is 1. The van der Waals surface area contributed by atoms with Gasteiger partial charge in [0.25, 0.3) is 0 Å². The lowest BCUT2D eigenvalue weighted by atomic mass is 9.74. The fraction of sp³-hybridized carbons (Fsp3) is 0.429. The molecule has 0 saturated heterocycles. The number of carbonyl (C=O) groups is 2. The van der Waals surface area contributed by atoms with Gasteiger partial charge in [-0.3, -0.25) is 4.79 Å². The van der Waals surface area contributed by atoms with Crippen molar-refractivity contribution in [3.05, 3.63) is 23.2 Å². The monoisotopic (exact) mass is 312 g/mol. The lowest BCUT2D eigenvalue weighted by Crippen LogP contribution is -2.55. The zero-order valence-corrected chi connectivity index (χ0v) is 12.4. The van der Waals surface area contributed by atoms with Gasteiger partial charge < -0.3 is 20.5 Å². The third kappa shape index (κ3) is 3.78. The molecule has 0 atom stereocenters. The van der Waals surface area contributed by atoms with Gasteiger partial charge in [-0.2, -0.15) is 0 Å². The predicted octanol–water partition coefficient (Wildman–Crippen LogP) is 2.87. The van der Waals surface area contributed by atoms with Crippen molar-refractivity contribution in [2.24, 2.45) is 0 Å². The summed E-state index contributed by atoms with van der Waals surface area (Å²) >= 11 is 5.91. The van der Waals surface area contributed by atoms with Gasteiger partial charge in [-0.05, 0) is 31.4 Å². The number of benzene rings is 1. The van der Waals surface area contributed by atoms with Crippen LogP contribution >= 0.6 is 11.6 Å². The Morgan fingerprint density at radius 1 is 1.43 bits per heavy atom. The number of urea groups is 1. The van der Waals surface area contributed by atoms with E-state index in [0.717, 1.165) is 6.42 Å². The van der Waals surface area contributed by atoms with Crippen molar-refractivity contribution >= 4 is 29.3 Å². The molecule has 2 amide bonds. The average molecular weight is 313 g/mol. The first-order valence-corrected chi connectivity index (χ1v) is 6.96. The minimum atomic E-state index is -0.914. The van der Waals surface area contributed by atoms with Gasteiger partial charge in [-0.1, -0.05) is 11.6 Å². The molecule has 1 saturated carbocycles. The van der Waals surface area contributed by atoms with E-state index in [-0.39, 0.29) is 6.42 Å². The molecule has 0 bridgehead atoms. The van der Waals surface area contributed by atoms with Crippen molar-refractivity contribution in [2.75, 3.05) is 12.4 Å². The quantitative estimate of drug-likeness (QED) is 0.780. The van der Waals surface area contributed by atoms with Gasteiger partial charge in [0.15, 0.2) is 0 Å². The van der Waals surface area contributed by atoms with E-state index in [4.69, 9.17) is 21.4 Å². The summed E-state index contributed by atoms with van der Waals surface area (Å²) in [7, 11) is 1.49. The summed E-state index contributed by atoms with van der Waals surface area (Å²) in [6.07, 6.45) is 2.21.